The number of fused-ring (bicyclic) bond motifs is 1. The number of hydrogen-bond acceptors (Lipinski definition) is 4. The number of nitrogens with zero attached hydrogens (tertiary/aromatic N) is 3. The average Bonchev–Trinajstić information content (AvgIpc) is 2.86. The molecule has 0 atom stereocenters. The molecule has 6 nitrogen and oxygen atoms in total. The van der Waals surface area contributed by atoms with Crippen molar-refractivity contribution in [2.45, 2.75) is 19.8 Å². The zero-order valence-electron chi connectivity index (χ0n) is 10.8. The first-order chi connectivity index (χ1) is 8.97. The van der Waals surface area contributed by atoms with Crippen molar-refractivity contribution in [2.75, 3.05) is 13.6 Å². The molecule has 0 saturated carbocycles. The number of imidazole rings is 1. The monoisotopic (exact) mass is 281 g/mol. The lowest BCUT2D eigenvalue weighted by molar-refractivity contribution is -0.138. The number of thiazole rings is 1. The van der Waals surface area contributed by atoms with Crippen LogP contribution in [0, 0.1) is 6.92 Å². The predicted molar refractivity (Wildman–Crippen MR) is 71.4 cm³/mol. The highest BCUT2D eigenvalue weighted by atomic mass is 32.1. The first-order valence-electron chi connectivity index (χ1n) is 5.85. The maximum atomic E-state index is 12.0. The fourth-order valence-electron chi connectivity index (χ4n) is 1.75. The van der Waals surface area contributed by atoms with Crippen LogP contribution >= 0.6 is 11.3 Å². The topological polar surface area (TPSA) is 74.9 Å². The molecule has 1 N–H and O–H groups in total. The molecule has 0 aromatic carbocycles. The smallest absolute Gasteiger partial charge is 0.305 e. The number of aromatic nitrogens is 2. The molecule has 2 aromatic heterocycles. The third-order valence-corrected chi connectivity index (χ3v) is 3.71. The largest absolute Gasteiger partial charge is 0.481 e. The Labute approximate surface area is 114 Å². The summed E-state index contributed by atoms with van der Waals surface area (Å²) in [4.78, 5) is 29.1. The first kappa shape index (κ1) is 13.5. The second-order valence-corrected chi connectivity index (χ2v) is 5.23. The minimum absolute atomic E-state index is 0.0362. The van der Waals surface area contributed by atoms with Gasteiger partial charge in [0.15, 0.2) is 4.96 Å². The highest BCUT2D eigenvalue weighted by molar-refractivity contribution is 7.15. The van der Waals surface area contributed by atoms with Crippen molar-refractivity contribution in [1.82, 2.24) is 14.3 Å². The summed E-state index contributed by atoms with van der Waals surface area (Å²) in [6.07, 6.45) is 2.11. The maximum absolute atomic E-state index is 12.0. The predicted octanol–water partition coefficient (Wildman–Crippen LogP) is 1.18. The van der Waals surface area contributed by atoms with E-state index in [1.54, 1.807) is 7.05 Å². The SMILES string of the molecule is Cc1cn2c(CC(=O)N(C)CCC(=O)O)csc2n1. The Morgan fingerprint density at radius 1 is 1.53 bits per heavy atom. The molecule has 0 unspecified atom stereocenters. The molecule has 19 heavy (non-hydrogen) atoms. The van der Waals surface area contributed by atoms with Gasteiger partial charge in [-0.3, -0.25) is 14.0 Å². The van der Waals surface area contributed by atoms with Crippen LogP contribution in [0.2, 0.25) is 0 Å². The van der Waals surface area contributed by atoms with Gasteiger partial charge in [-0.2, -0.15) is 0 Å². The Morgan fingerprint density at radius 3 is 2.95 bits per heavy atom. The summed E-state index contributed by atoms with van der Waals surface area (Å²) < 4.78 is 1.91. The minimum atomic E-state index is -0.900. The maximum Gasteiger partial charge on any atom is 0.305 e. The van der Waals surface area contributed by atoms with Crippen LogP contribution < -0.4 is 0 Å². The minimum Gasteiger partial charge on any atom is -0.481 e. The molecule has 2 aromatic rings. The van der Waals surface area contributed by atoms with Gasteiger partial charge >= 0.3 is 5.97 Å². The van der Waals surface area contributed by atoms with Crippen molar-refractivity contribution in [3.63, 3.8) is 0 Å². The van der Waals surface area contributed by atoms with Crippen molar-refractivity contribution < 1.29 is 14.7 Å². The molecule has 0 fully saturated rings. The highest BCUT2D eigenvalue weighted by Crippen LogP contribution is 2.17. The van der Waals surface area contributed by atoms with E-state index in [-0.39, 0.29) is 25.3 Å². The Hall–Kier alpha value is -1.89. The van der Waals surface area contributed by atoms with Crippen molar-refractivity contribution in [2.24, 2.45) is 0 Å². The van der Waals surface area contributed by atoms with Crippen LogP contribution in [-0.2, 0) is 16.0 Å². The number of rotatable bonds is 5. The van der Waals surface area contributed by atoms with E-state index in [0.29, 0.717) is 0 Å². The van der Waals surface area contributed by atoms with Crippen LogP contribution in [0.5, 0.6) is 0 Å². The van der Waals surface area contributed by atoms with E-state index in [1.807, 2.05) is 22.9 Å². The molecule has 7 heteroatoms. The van der Waals surface area contributed by atoms with Gasteiger partial charge in [0.1, 0.15) is 0 Å². The third-order valence-electron chi connectivity index (χ3n) is 2.82. The standard InChI is InChI=1S/C12H15N3O3S/c1-8-6-15-9(7-19-12(15)13-8)5-10(16)14(2)4-3-11(17)18/h6-7H,3-5H2,1-2H3,(H,17,18). The van der Waals surface area contributed by atoms with Crippen LogP contribution in [0.4, 0.5) is 0 Å². The van der Waals surface area contributed by atoms with E-state index in [4.69, 9.17) is 5.11 Å². The number of carbonyl (C=O) groups is 2. The molecule has 0 radical (unpaired) electrons. The van der Waals surface area contributed by atoms with E-state index >= 15 is 0 Å². The number of aryl methyl sites for hydroxylation is 1. The number of aliphatic carboxylic acids is 1. The van der Waals surface area contributed by atoms with Gasteiger partial charge in [0.2, 0.25) is 5.91 Å². The van der Waals surface area contributed by atoms with E-state index in [9.17, 15) is 9.59 Å². The molecule has 0 saturated heterocycles. The van der Waals surface area contributed by atoms with Gasteiger partial charge in [-0.1, -0.05) is 0 Å². The fourth-order valence-corrected chi connectivity index (χ4v) is 2.67. The lowest BCUT2D eigenvalue weighted by Crippen LogP contribution is -2.30. The van der Waals surface area contributed by atoms with Gasteiger partial charge in [-0.05, 0) is 6.92 Å². The molecular formula is C12H15N3O3S. The second kappa shape index (κ2) is 5.40. The van der Waals surface area contributed by atoms with E-state index in [2.05, 4.69) is 4.98 Å². The Kier molecular flexibility index (Phi) is 3.84. The van der Waals surface area contributed by atoms with Crippen LogP contribution in [0.15, 0.2) is 11.6 Å². The van der Waals surface area contributed by atoms with Gasteiger partial charge in [0.25, 0.3) is 0 Å². The highest BCUT2D eigenvalue weighted by Gasteiger charge is 2.14. The average molecular weight is 281 g/mol. The van der Waals surface area contributed by atoms with Gasteiger partial charge < -0.3 is 10.0 Å². The first-order valence-corrected chi connectivity index (χ1v) is 6.73. The van der Waals surface area contributed by atoms with Gasteiger partial charge in [-0.15, -0.1) is 11.3 Å². The Morgan fingerprint density at radius 2 is 2.26 bits per heavy atom. The lowest BCUT2D eigenvalue weighted by atomic mass is 10.3. The molecular weight excluding hydrogens is 266 g/mol. The molecule has 0 spiro atoms. The van der Waals surface area contributed by atoms with E-state index < -0.39 is 5.97 Å². The summed E-state index contributed by atoms with van der Waals surface area (Å²) in [6, 6.07) is 0. The Bertz CT molecular complexity index is 617. The normalized spacial score (nSPS) is 10.8. The van der Waals surface area contributed by atoms with Gasteiger partial charge in [0.05, 0.1) is 18.5 Å². The lowest BCUT2D eigenvalue weighted by Gasteiger charge is -2.15. The van der Waals surface area contributed by atoms with Gasteiger partial charge in [0, 0.05) is 30.9 Å². The fraction of sp³-hybridized carbons (Fsp3) is 0.417. The van der Waals surface area contributed by atoms with Crippen LogP contribution in [0.1, 0.15) is 17.8 Å². The van der Waals surface area contributed by atoms with Crippen LogP contribution in [0.25, 0.3) is 4.96 Å². The number of carboxylic acid groups (broad SMARTS) is 1. The quantitative estimate of drug-likeness (QED) is 0.893. The summed E-state index contributed by atoms with van der Waals surface area (Å²) in [5.41, 5.74) is 1.80. The number of carbonyl (C=O) groups excluding carboxylic acids is 1. The summed E-state index contributed by atoms with van der Waals surface area (Å²) in [5, 5.41) is 10.5. The summed E-state index contributed by atoms with van der Waals surface area (Å²) in [5.74, 6) is -0.991. The van der Waals surface area contributed by atoms with Crippen LogP contribution in [-0.4, -0.2) is 44.9 Å². The third kappa shape index (κ3) is 3.11. The van der Waals surface area contributed by atoms with Gasteiger partial charge in [-0.25, -0.2) is 4.98 Å². The number of likely N-dealkylation sites (N-methyl/N-ethyl adjacent to an activating group) is 1. The summed E-state index contributed by atoms with van der Waals surface area (Å²) in [7, 11) is 1.62. The molecule has 2 heterocycles. The van der Waals surface area contributed by atoms with Crippen molar-refractivity contribution in [3.05, 3.63) is 23.0 Å². The summed E-state index contributed by atoms with van der Waals surface area (Å²) >= 11 is 1.49. The second-order valence-electron chi connectivity index (χ2n) is 4.40. The zero-order chi connectivity index (χ0) is 14.0. The molecule has 0 aliphatic heterocycles. The molecule has 0 bridgehead atoms. The van der Waals surface area contributed by atoms with Crippen molar-refractivity contribution >= 4 is 28.2 Å². The number of amides is 1. The Balaban J connectivity index is 2.03. The molecule has 1 amide bonds. The van der Waals surface area contributed by atoms with Crippen molar-refractivity contribution in [1.29, 1.82) is 0 Å². The van der Waals surface area contributed by atoms with E-state index in [0.717, 1.165) is 16.3 Å². The molecule has 0 aliphatic carbocycles. The summed E-state index contributed by atoms with van der Waals surface area (Å²) in [6.45, 7) is 2.13. The van der Waals surface area contributed by atoms with E-state index in [1.165, 1.54) is 16.2 Å². The van der Waals surface area contributed by atoms with Crippen molar-refractivity contribution in [3.8, 4) is 0 Å². The van der Waals surface area contributed by atoms with Crippen LogP contribution in [0.3, 0.4) is 0 Å². The number of hydrogen-bond donors (Lipinski definition) is 1. The zero-order valence-corrected chi connectivity index (χ0v) is 11.6. The molecule has 0 aliphatic rings. The molecule has 102 valence electrons. The molecule has 2 rings (SSSR count). The number of carboxylic acids is 1.